The smallest absolute Gasteiger partial charge is 0.295 e. The second kappa shape index (κ2) is 9.50. The zero-order valence-corrected chi connectivity index (χ0v) is 19.8. The van der Waals surface area contributed by atoms with E-state index in [1.165, 1.54) is 11.8 Å². The molecule has 0 spiro atoms. The van der Waals surface area contributed by atoms with Crippen LogP contribution in [-0.4, -0.2) is 35.3 Å². The minimum absolute atomic E-state index is 0.266. The molecule has 2 aromatic heterocycles. The van der Waals surface area contributed by atoms with E-state index in [-0.39, 0.29) is 17.2 Å². The van der Waals surface area contributed by atoms with Gasteiger partial charge in [0.1, 0.15) is 11.5 Å². The fourth-order valence-corrected chi connectivity index (χ4v) is 4.44. The Kier molecular flexibility index (Phi) is 6.50. The molecule has 0 saturated heterocycles. The van der Waals surface area contributed by atoms with Crippen LogP contribution in [0.15, 0.2) is 70.6 Å². The maximum absolute atomic E-state index is 13.1. The van der Waals surface area contributed by atoms with Crippen LogP contribution in [0.4, 0.5) is 5.69 Å². The number of nitrogens with zero attached hydrogens (tertiary/aromatic N) is 5. The number of hydrogen-bond acceptors (Lipinski definition) is 5. The van der Waals surface area contributed by atoms with E-state index >= 15 is 0 Å². The van der Waals surface area contributed by atoms with Gasteiger partial charge in [-0.25, -0.2) is 4.68 Å². The predicted octanol–water partition coefficient (Wildman–Crippen LogP) is 3.55. The van der Waals surface area contributed by atoms with E-state index in [9.17, 15) is 9.59 Å². The quantitative estimate of drug-likeness (QED) is 0.425. The van der Waals surface area contributed by atoms with E-state index in [1.54, 1.807) is 23.3 Å². The number of rotatable bonds is 7. The lowest BCUT2D eigenvalue weighted by Gasteiger charge is -2.13. The standard InChI is InChI=1S/C24H26N6O2S/c1-16-21(23(32)30(28(16)4)20-13-9-6-10-14-20)25-22(31)17(2)33-24-27-26-18(3)29(24)15-19-11-7-5-8-12-19/h5-14,17H,15H2,1-4H3,(H,25,31). The summed E-state index contributed by atoms with van der Waals surface area (Å²) in [5.41, 5.74) is 2.55. The Morgan fingerprint density at radius 3 is 2.33 bits per heavy atom. The lowest BCUT2D eigenvalue weighted by Crippen LogP contribution is -2.27. The highest BCUT2D eigenvalue weighted by atomic mass is 32.2. The summed E-state index contributed by atoms with van der Waals surface area (Å²) >= 11 is 1.32. The fraction of sp³-hybridized carbons (Fsp3) is 0.250. The highest BCUT2D eigenvalue weighted by molar-refractivity contribution is 8.00. The highest BCUT2D eigenvalue weighted by Gasteiger charge is 2.23. The summed E-state index contributed by atoms with van der Waals surface area (Å²) in [6.45, 7) is 6.12. The summed E-state index contributed by atoms with van der Waals surface area (Å²) in [4.78, 5) is 26.1. The average molecular weight is 463 g/mol. The number of hydrogen-bond donors (Lipinski definition) is 1. The summed E-state index contributed by atoms with van der Waals surface area (Å²) in [5, 5.41) is 11.5. The van der Waals surface area contributed by atoms with Crippen molar-refractivity contribution in [3.05, 3.63) is 88.1 Å². The van der Waals surface area contributed by atoms with E-state index in [1.807, 2.05) is 79.1 Å². The molecule has 0 saturated carbocycles. The molecule has 8 nitrogen and oxygen atoms in total. The molecule has 0 bridgehead atoms. The van der Waals surface area contributed by atoms with Crippen LogP contribution in [0, 0.1) is 13.8 Å². The second-order valence-electron chi connectivity index (χ2n) is 7.79. The normalized spacial score (nSPS) is 12.0. The Morgan fingerprint density at radius 2 is 1.67 bits per heavy atom. The monoisotopic (exact) mass is 462 g/mol. The molecule has 0 radical (unpaired) electrons. The van der Waals surface area contributed by atoms with Gasteiger partial charge in [-0.15, -0.1) is 10.2 Å². The summed E-state index contributed by atoms with van der Waals surface area (Å²) in [5.74, 6) is 0.511. The van der Waals surface area contributed by atoms with Gasteiger partial charge in [-0.3, -0.25) is 14.3 Å². The number of aromatic nitrogens is 5. The molecule has 0 fully saturated rings. The first-order valence-electron chi connectivity index (χ1n) is 10.6. The van der Waals surface area contributed by atoms with Gasteiger partial charge in [0, 0.05) is 7.05 Å². The molecule has 1 N–H and O–H groups in total. The molecular weight excluding hydrogens is 436 g/mol. The van der Waals surface area contributed by atoms with E-state index < -0.39 is 5.25 Å². The maximum Gasteiger partial charge on any atom is 0.295 e. The van der Waals surface area contributed by atoms with Crippen LogP contribution in [0.2, 0.25) is 0 Å². The first-order valence-corrected chi connectivity index (χ1v) is 11.5. The molecule has 1 amide bonds. The van der Waals surface area contributed by atoms with Crippen LogP contribution in [0.5, 0.6) is 0 Å². The third kappa shape index (κ3) is 4.63. The van der Waals surface area contributed by atoms with Gasteiger partial charge < -0.3 is 9.88 Å². The number of amides is 1. The molecule has 1 unspecified atom stereocenters. The molecule has 0 aliphatic carbocycles. The predicted molar refractivity (Wildman–Crippen MR) is 130 cm³/mol. The zero-order chi connectivity index (χ0) is 23.5. The molecule has 170 valence electrons. The van der Waals surface area contributed by atoms with E-state index in [4.69, 9.17) is 0 Å². The third-order valence-electron chi connectivity index (χ3n) is 5.54. The van der Waals surface area contributed by atoms with Crippen molar-refractivity contribution in [2.75, 3.05) is 5.32 Å². The van der Waals surface area contributed by atoms with Gasteiger partial charge in [0.25, 0.3) is 5.56 Å². The Hall–Kier alpha value is -3.59. The highest BCUT2D eigenvalue weighted by Crippen LogP contribution is 2.24. The number of aryl methyl sites for hydroxylation is 1. The van der Waals surface area contributed by atoms with Crippen molar-refractivity contribution in [2.45, 2.75) is 37.7 Å². The van der Waals surface area contributed by atoms with Crippen molar-refractivity contribution in [2.24, 2.45) is 7.05 Å². The van der Waals surface area contributed by atoms with E-state index in [0.717, 1.165) is 17.1 Å². The molecule has 2 aromatic carbocycles. The van der Waals surface area contributed by atoms with Crippen molar-refractivity contribution in [1.29, 1.82) is 0 Å². The van der Waals surface area contributed by atoms with E-state index in [0.29, 0.717) is 17.4 Å². The third-order valence-corrected chi connectivity index (χ3v) is 6.62. The number of carbonyl (C=O) groups is 1. The Morgan fingerprint density at radius 1 is 1.03 bits per heavy atom. The number of anilines is 1. The summed E-state index contributed by atoms with van der Waals surface area (Å²) in [6.07, 6.45) is 0. The van der Waals surface area contributed by atoms with Crippen LogP contribution in [0.3, 0.4) is 0 Å². The van der Waals surface area contributed by atoms with Crippen LogP contribution < -0.4 is 10.9 Å². The van der Waals surface area contributed by atoms with Crippen LogP contribution in [0.1, 0.15) is 24.0 Å². The molecule has 4 rings (SSSR count). The number of para-hydroxylation sites is 1. The van der Waals surface area contributed by atoms with E-state index in [2.05, 4.69) is 15.5 Å². The number of benzene rings is 2. The number of carbonyl (C=O) groups excluding carboxylic acids is 1. The van der Waals surface area contributed by atoms with Crippen molar-refractivity contribution >= 4 is 23.4 Å². The first-order chi connectivity index (χ1) is 15.9. The van der Waals surface area contributed by atoms with Crippen LogP contribution in [-0.2, 0) is 18.4 Å². The van der Waals surface area contributed by atoms with Crippen LogP contribution in [0.25, 0.3) is 5.69 Å². The average Bonchev–Trinajstić information content (AvgIpc) is 3.26. The largest absolute Gasteiger partial charge is 0.319 e. The van der Waals surface area contributed by atoms with Gasteiger partial charge in [0.2, 0.25) is 5.91 Å². The minimum atomic E-state index is -0.479. The topological polar surface area (TPSA) is 86.7 Å². The molecule has 2 heterocycles. The van der Waals surface area contributed by atoms with Gasteiger partial charge in [0.15, 0.2) is 5.16 Å². The Bertz CT molecular complexity index is 1320. The molecule has 33 heavy (non-hydrogen) atoms. The maximum atomic E-state index is 13.1. The fourth-order valence-electron chi connectivity index (χ4n) is 3.55. The van der Waals surface area contributed by atoms with Gasteiger partial charge in [0.05, 0.1) is 23.2 Å². The van der Waals surface area contributed by atoms with Gasteiger partial charge in [-0.2, -0.15) is 0 Å². The SMILES string of the molecule is Cc1nnc(SC(C)C(=O)Nc2c(C)n(C)n(-c3ccccc3)c2=O)n1Cc1ccccc1. The van der Waals surface area contributed by atoms with Crippen molar-refractivity contribution < 1.29 is 4.79 Å². The summed E-state index contributed by atoms with van der Waals surface area (Å²) in [6, 6.07) is 19.4. The van der Waals surface area contributed by atoms with Gasteiger partial charge >= 0.3 is 0 Å². The lowest BCUT2D eigenvalue weighted by atomic mass is 10.2. The molecule has 9 heteroatoms. The van der Waals surface area contributed by atoms with Gasteiger partial charge in [-0.05, 0) is 38.5 Å². The summed E-state index contributed by atoms with van der Waals surface area (Å²) < 4.78 is 5.27. The Labute approximate surface area is 196 Å². The zero-order valence-electron chi connectivity index (χ0n) is 19.0. The Balaban J connectivity index is 1.53. The number of nitrogens with one attached hydrogen (secondary N) is 1. The molecule has 4 aromatic rings. The van der Waals surface area contributed by atoms with Crippen molar-refractivity contribution in [1.82, 2.24) is 24.1 Å². The van der Waals surface area contributed by atoms with Crippen molar-refractivity contribution in [3.8, 4) is 5.69 Å². The van der Waals surface area contributed by atoms with Crippen LogP contribution >= 0.6 is 11.8 Å². The van der Waals surface area contributed by atoms with Crippen molar-refractivity contribution in [3.63, 3.8) is 0 Å². The molecule has 0 aliphatic rings. The minimum Gasteiger partial charge on any atom is -0.319 e. The number of thioether (sulfide) groups is 1. The summed E-state index contributed by atoms with van der Waals surface area (Å²) in [7, 11) is 1.80. The molecule has 1 atom stereocenters. The molecule has 0 aliphatic heterocycles. The second-order valence-corrected chi connectivity index (χ2v) is 9.10. The van der Waals surface area contributed by atoms with Gasteiger partial charge in [-0.1, -0.05) is 60.3 Å². The lowest BCUT2D eigenvalue weighted by molar-refractivity contribution is -0.115. The molecular formula is C24H26N6O2S. The first kappa shape index (κ1) is 22.6.